The molecule has 6 heteroatoms. The standard InChI is InChI=1S/C9H19NO4S/c1-2-3-4-7-15(13,14)8-5-6-9(11)10-12/h12H,2-8H2,1H3,(H,10,11). The first-order valence-electron chi connectivity index (χ1n) is 5.15. The lowest BCUT2D eigenvalue weighted by molar-refractivity contribution is -0.129. The Morgan fingerprint density at radius 2 is 1.80 bits per heavy atom. The summed E-state index contributed by atoms with van der Waals surface area (Å²) in [6.07, 6.45) is 2.90. The molecular weight excluding hydrogens is 218 g/mol. The highest BCUT2D eigenvalue weighted by Gasteiger charge is 2.10. The Morgan fingerprint density at radius 3 is 2.33 bits per heavy atom. The lowest BCUT2D eigenvalue weighted by Crippen LogP contribution is -2.20. The van der Waals surface area contributed by atoms with E-state index in [9.17, 15) is 13.2 Å². The van der Waals surface area contributed by atoms with Crippen LogP contribution in [0.5, 0.6) is 0 Å². The van der Waals surface area contributed by atoms with Gasteiger partial charge in [0, 0.05) is 6.42 Å². The third-order valence-electron chi connectivity index (χ3n) is 2.04. The van der Waals surface area contributed by atoms with Gasteiger partial charge in [-0.15, -0.1) is 0 Å². The highest BCUT2D eigenvalue weighted by Crippen LogP contribution is 2.03. The fourth-order valence-corrected chi connectivity index (χ4v) is 2.61. The van der Waals surface area contributed by atoms with Crippen molar-refractivity contribution in [3.63, 3.8) is 0 Å². The van der Waals surface area contributed by atoms with Crippen molar-refractivity contribution < 1.29 is 18.4 Å². The topological polar surface area (TPSA) is 83.5 Å². The summed E-state index contributed by atoms with van der Waals surface area (Å²) in [5, 5.41) is 8.19. The van der Waals surface area contributed by atoms with Crippen molar-refractivity contribution in [2.75, 3.05) is 11.5 Å². The summed E-state index contributed by atoms with van der Waals surface area (Å²) >= 11 is 0. The average molecular weight is 237 g/mol. The maximum absolute atomic E-state index is 11.4. The van der Waals surface area contributed by atoms with Crippen LogP contribution in [0.2, 0.25) is 0 Å². The van der Waals surface area contributed by atoms with Gasteiger partial charge in [-0.1, -0.05) is 19.8 Å². The minimum atomic E-state index is -3.02. The fraction of sp³-hybridized carbons (Fsp3) is 0.889. The zero-order valence-electron chi connectivity index (χ0n) is 9.03. The van der Waals surface area contributed by atoms with Gasteiger partial charge in [-0.05, 0) is 12.8 Å². The van der Waals surface area contributed by atoms with Crippen LogP contribution in [0.1, 0.15) is 39.0 Å². The van der Waals surface area contributed by atoms with Crippen molar-refractivity contribution in [2.24, 2.45) is 0 Å². The van der Waals surface area contributed by atoms with Crippen LogP contribution >= 0.6 is 0 Å². The molecule has 2 N–H and O–H groups in total. The second-order valence-corrected chi connectivity index (χ2v) is 5.80. The van der Waals surface area contributed by atoms with Crippen molar-refractivity contribution in [1.29, 1.82) is 0 Å². The molecule has 0 heterocycles. The number of sulfone groups is 1. The Hall–Kier alpha value is -0.620. The lowest BCUT2D eigenvalue weighted by atomic mass is 10.3. The summed E-state index contributed by atoms with van der Waals surface area (Å²) in [5.74, 6) is -0.329. The molecule has 5 nitrogen and oxygen atoms in total. The number of amides is 1. The van der Waals surface area contributed by atoms with Gasteiger partial charge in [0.25, 0.3) is 0 Å². The second-order valence-electron chi connectivity index (χ2n) is 3.50. The summed E-state index contributed by atoms with van der Waals surface area (Å²) in [6.45, 7) is 2.01. The molecule has 0 atom stereocenters. The molecule has 0 unspecified atom stereocenters. The number of unbranched alkanes of at least 4 members (excludes halogenated alkanes) is 2. The normalized spacial score (nSPS) is 11.3. The Kier molecular flexibility index (Phi) is 7.33. The predicted molar refractivity (Wildman–Crippen MR) is 57.3 cm³/mol. The molecule has 0 radical (unpaired) electrons. The summed E-state index contributed by atoms with van der Waals surface area (Å²) in [7, 11) is -3.02. The SMILES string of the molecule is CCCCCS(=O)(=O)CCCC(=O)NO. The molecule has 0 aromatic carbocycles. The molecule has 0 aliphatic heterocycles. The molecule has 0 bridgehead atoms. The Bertz CT molecular complexity index is 274. The van der Waals surface area contributed by atoms with Crippen LogP contribution in [-0.4, -0.2) is 31.0 Å². The van der Waals surface area contributed by atoms with E-state index in [0.717, 1.165) is 12.8 Å². The number of carbonyl (C=O) groups excluding carboxylic acids is 1. The zero-order valence-corrected chi connectivity index (χ0v) is 9.85. The average Bonchev–Trinajstić information content (AvgIpc) is 2.17. The number of nitrogens with one attached hydrogen (secondary N) is 1. The first kappa shape index (κ1) is 14.4. The smallest absolute Gasteiger partial charge is 0.243 e. The van der Waals surface area contributed by atoms with Crippen molar-refractivity contribution in [1.82, 2.24) is 5.48 Å². The zero-order chi connectivity index (χ0) is 11.7. The van der Waals surface area contributed by atoms with Gasteiger partial charge in [0.05, 0.1) is 11.5 Å². The van der Waals surface area contributed by atoms with Crippen LogP contribution in [-0.2, 0) is 14.6 Å². The van der Waals surface area contributed by atoms with E-state index in [1.54, 1.807) is 0 Å². The van der Waals surface area contributed by atoms with Crippen molar-refractivity contribution in [3.05, 3.63) is 0 Å². The molecule has 0 spiro atoms. The molecular formula is C9H19NO4S. The maximum atomic E-state index is 11.4. The molecule has 1 amide bonds. The van der Waals surface area contributed by atoms with Crippen LogP contribution in [0.25, 0.3) is 0 Å². The first-order chi connectivity index (χ1) is 7.02. The van der Waals surface area contributed by atoms with E-state index in [4.69, 9.17) is 5.21 Å². The summed E-state index contributed by atoms with van der Waals surface area (Å²) in [6, 6.07) is 0. The summed E-state index contributed by atoms with van der Waals surface area (Å²) in [4.78, 5) is 10.6. The fourth-order valence-electron chi connectivity index (χ4n) is 1.18. The molecule has 0 rings (SSSR count). The predicted octanol–water partition coefficient (Wildman–Crippen LogP) is 0.877. The maximum Gasteiger partial charge on any atom is 0.243 e. The Labute approximate surface area is 90.7 Å². The number of hydroxylamine groups is 1. The van der Waals surface area contributed by atoms with E-state index in [1.807, 2.05) is 6.92 Å². The van der Waals surface area contributed by atoms with Crippen molar-refractivity contribution >= 4 is 15.7 Å². The van der Waals surface area contributed by atoms with Crippen LogP contribution < -0.4 is 5.48 Å². The minimum absolute atomic E-state index is 0.0180. The number of carbonyl (C=O) groups is 1. The van der Waals surface area contributed by atoms with E-state index >= 15 is 0 Å². The van der Waals surface area contributed by atoms with Gasteiger partial charge in [0.2, 0.25) is 5.91 Å². The largest absolute Gasteiger partial charge is 0.289 e. The molecule has 0 fully saturated rings. The molecule has 0 aromatic heterocycles. The Morgan fingerprint density at radius 1 is 1.20 bits per heavy atom. The molecule has 90 valence electrons. The van der Waals surface area contributed by atoms with Crippen LogP contribution in [0.4, 0.5) is 0 Å². The van der Waals surface area contributed by atoms with Gasteiger partial charge < -0.3 is 0 Å². The highest BCUT2D eigenvalue weighted by molar-refractivity contribution is 7.91. The lowest BCUT2D eigenvalue weighted by Gasteiger charge is -2.03. The third-order valence-corrected chi connectivity index (χ3v) is 3.86. The summed E-state index contributed by atoms with van der Waals surface area (Å²) in [5.41, 5.74) is 1.47. The quantitative estimate of drug-likeness (QED) is 0.373. The molecule has 0 aliphatic carbocycles. The van der Waals surface area contributed by atoms with E-state index in [1.165, 1.54) is 5.48 Å². The van der Waals surface area contributed by atoms with E-state index < -0.39 is 15.7 Å². The molecule has 0 aromatic rings. The number of hydrogen-bond donors (Lipinski definition) is 2. The van der Waals surface area contributed by atoms with E-state index in [0.29, 0.717) is 6.42 Å². The van der Waals surface area contributed by atoms with Crippen LogP contribution in [0.15, 0.2) is 0 Å². The van der Waals surface area contributed by atoms with Gasteiger partial charge in [0.1, 0.15) is 9.84 Å². The van der Waals surface area contributed by atoms with Gasteiger partial charge in [0.15, 0.2) is 0 Å². The molecule has 0 aliphatic rings. The first-order valence-corrected chi connectivity index (χ1v) is 6.97. The molecule has 0 saturated heterocycles. The second kappa shape index (κ2) is 7.64. The van der Waals surface area contributed by atoms with Gasteiger partial charge in [-0.25, -0.2) is 13.9 Å². The Balaban J connectivity index is 3.70. The molecule has 0 saturated carbocycles. The van der Waals surface area contributed by atoms with Gasteiger partial charge in [-0.2, -0.15) is 0 Å². The van der Waals surface area contributed by atoms with Gasteiger partial charge in [-0.3, -0.25) is 10.0 Å². The third kappa shape index (κ3) is 8.38. The van der Waals surface area contributed by atoms with E-state index in [-0.39, 0.29) is 24.3 Å². The minimum Gasteiger partial charge on any atom is -0.289 e. The van der Waals surface area contributed by atoms with Gasteiger partial charge >= 0.3 is 0 Å². The van der Waals surface area contributed by atoms with E-state index in [2.05, 4.69) is 0 Å². The van der Waals surface area contributed by atoms with Crippen molar-refractivity contribution in [3.8, 4) is 0 Å². The molecule has 15 heavy (non-hydrogen) atoms. The summed E-state index contributed by atoms with van der Waals surface area (Å²) < 4.78 is 22.8. The number of rotatable bonds is 8. The number of hydrogen-bond acceptors (Lipinski definition) is 4. The highest BCUT2D eigenvalue weighted by atomic mass is 32.2. The monoisotopic (exact) mass is 237 g/mol. The van der Waals surface area contributed by atoms with Crippen LogP contribution in [0.3, 0.4) is 0 Å². The van der Waals surface area contributed by atoms with Crippen LogP contribution in [0, 0.1) is 0 Å². The van der Waals surface area contributed by atoms with Crippen molar-refractivity contribution in [2.45, 2.75) is 39.0 Å².